The normalized spacial score (nSPS) is 11.4. The van der Waals surface area contributed by atoms with Crippen LogP contribution in [0.2, 0.25) is 0 Å². The van der Waals surface area contributed by atoms with Crippen molar-refractivity contribution in [3.63, 3.8) is 0 Å². The summed E-state index contributed by atoms with van der Waals surface area (Å²) >= 11 is 0. The summed E-state index contributed by atoms with van der Waals surface area (Å²) in [6, 6.07) is 0. The predicted octanol–water partition coefficient (Wildman–Crippen LogP) is 1.48. The lowest BCUT2D eigenvalue weighted by Crippen LogP contribution is -2.27. The van der Waals surface area contributed by atoms with E-state index in [9.17, 15) is 4.79 Å². The Kier molecular flexibility index (Phi) is 5.35. The summed E-state index contributed by atoms with van der Waals surface area (Å²) in [5.41, 5.74) is 0. The molecule has 0 rings (SSSR count). The molecule has 0 fully saturated rings. The van der Waals surface area contributed by atoms with Crippen LogP contribution in [0.5, 0.6) is 0 Å². The summed E-state index contributed by atoms with van der Waals surface area (Å²) in [4.78, 5) is 13.2. The van der Waals surface area contributed by atoms with Crippen molar-refractivity contribution < 1.29 is 4.79 Å². The fourth-order valence-electron chi connectivity index (χ4n) is 0.669. The van der Waals surface area contributed by atoms with Crippen LogP contribution in [-0.4, -0.2) is 36.9 Å². The van der Waals surface area contributed by atoms with Gasteiger partial charge in [-0.15, -0.1) is 0 Å². The minimum Gasteiger partial charge on any atom is -0.298 e. The topological polar surface area (TPSA) is 20.3 Å². The van der Waals surface area contributed by atoms with Crippen LogP contribution in [-0.2, 0) is 4.79 Å². The number of rotatable bonds is 5. The highest BCUT2D eigenvalue weighted by molar-refractivity contribution is 7.36. The van der Waals surface area contributed by atoms with E-state index < -0.39 is 0 Å². The zero-order chi connectivity index (χ0) is 8.85. The Bertz CT molecular complexity index is 145. The largest absolute Gasteiger partial charge is 0.298 e. The summed E-state index contributed by atoms with van der Waals surface area (Å²) in [5.74, 6) is 0.454. The molecule has 0 aromatic carbocycles. The maximum Gasteiger partial charge on any atom is 0.149 e. The highest BCUT2D eigenvalue weighted by atomic mass is 31.1. The lowest BCUT2D eigenvalue weighted by atomic mass is 10.1. The first-order chi connectivity index (χ1) is 5.07. The molecule has 0 unspecified atom stereocenters. The fourth-order valence-corrected chi connectivity index (χ4v) is 1.11. The molecule has 0 aliphatic heterocycles. The summed E-state index contributed by atoms with van der Waals surface area (Å²) in [7, 11) is 3.01. The standard InChI is InChI=1S/C8H16NOP/c1-7(2)8(10)5-9(3)6-11-4/h7H,4-6H2,1-3H3. The molecular weight excluding hydrogens is 157 g/mol. The van der Waals surface area contributed by atoms with E-state index >= 15 is 0 Å². The zero-order valence-electron chi connectivity index (χ0n) is 7.50. The molecule has 64 valence electrons. The molecule has 0 saturated heterocycles. The van der Waals surface area contributed by atoms with E-state index in [1.807, 2.05) is 25.8 Å². The molecule has 0 aromatic heterocycles. The van der Waals surface area contributed by atoms with Crippen molar-refractivity contribution in [2.75, 3.05) is 19.9 Å². The molecule has 0 bridgehead atoms. The van der Waals surface area contributed by atoms with Gasteiger partial charge in [0.05, 0.1) is 6.54 Å². The smallest absolute Gasteiger partial charge is 0.149 e. The van der Waals surface area contributed by atoms with E-state index in [0.29, 0.717) is 12.3 Å². The van der Waals surface area contributed by atoms with E-state index in [4.69, 9.17) is 0 Å². The summed E-state index contributed by atoms with van der Waals surface area (Å²) in [6.45, 7) is 4.41. The van der Waals surface area contributed by atoms with E-state index in [1.54, 1.807) is 0 Å². The van der Waals surface area contributed by atoms with Crippen LogP contribution < -0.4 is 0 Å². The van der Waals surface area contributed by atoms with Crippen LogP contribution in [0.15, 0.2) is 0 Å². The van der Waals surface area contributed by atoms with Crippen LogP contribution >= 0.6 is 8.20 Å². The molecule has 0 heterocycles. The Morgan fingerprint density at radius 2 is 2.18 bits per heavy atom. The highest BCUT2D eigenvalue weighted by Crippen LogP contribution is 1.99. The average molecular weight is 173 g/mol. The number of carbonyl (C=O) groups excluding carboxylic acids is 1. The van der Waals surface area contributed by atoms with Crippen LogP contribution in [0.3, 0.4) is 0 Å². The van der Waals surface area contributed by atoms with Gasteiger partial charge in [0.25, 0.3) is 0 Å². The third kappa shape index (κ3) is 5.11. The van der Waals surface area contributed by atoms with Gasteiger partial charge in [0.2, 0.25) is 0 Å². The molecule has 11 heavy (non-hydrogen) atoms. The van der Waals surface area contributed by atoms with Crippen molar-refractivity contribution >= 4 is 20.3 Å². The van der Waals surface area contributed by atoms with Gasteiger partial charge < -0.3 is 0 Å². The van der Waals surface area contributed by atoms with Crippen molar-refractivity contribution in [1.82, 2.24) is 4.90 Å². The zero-order valence-corrected chi connectivity index (χ0v) is 8.40. The lowest BCUT2D eigenvalue weighted by molar-refractivity contribution is -0.122. The number of hydrogen-bond donors (Lipinski definition) is 0. The quantitative estimate of drug-likeness (QED) is 0.587. The van der Waals surface area contributed by atoms with Gasteiger partial charge in [-0.2, -0.15) is 0 Å². The fraction of sp³-hybridized carbons (Fsp3) is 0.750. The first kappa shape index (κ1) is 10.8. The Hall–Kier alpha value is -0.200. The number of nitrogens with zero attached hydrogens (tertiary/aromatic N) is 1. The molecule has 0 amide bonds. The van der Waals surface area contributed by atoms with Crippen LogP contribution in [0, 0.1) is 5.92 Å². The molecule has 0 spiro atoms. The van der Waals surface area contributed by atoms with Gasteiger partial charge in [-0.05, 0) is 7.05 Å². The summed E-state index contributed by atoms with van der Waals surface area (Å²) in [6.07, 6.45) is 4.57. The third-order valence-corrected chi connectivity index (χ3v) is 2.09. The molecule has 0 N–H and O–H groups in total. The Balaban J connectivity index is 3.65. The Morgan fingerprint density at radius 3 is 2.55 bits per heavy atom. The van der Waals surface area contributed by atoms with Gasteiger partial charge in [0, 0.05) is 12.2 Å². The van der Waals surface area contributed by atoms with Crippen molar-refractivity contribution in [2.45, 2.75) is 13.8 Å². The summed E-state index contributed by atoms with van der Waals surface area (Å²) in [5, 5.41) is 0. The number of Topliss-reactive ketones (excluding diaryl/α,β-unsaturated/α-hetero) is 1. The second-order valence-corrected chi connectivity index (χ2v) is 3.73. The highest BCUT2D eigenvalue weighted by Gasteiger charge is 2.08. The van der Waals surface area contributed by atoms with E-state index in [0.717, 1.165) is 14.5 Å². The van der Waals surface area contributed by atoms with E-state index in [-0.39, 0.29) is 5.92 Å². The third-order valence-electron chi connectivity index (χ3n) is 1.41. The van der Waals surface area contributed by atoms with E-state index in [1.165, 1.54) is 0 Å². The van der Waals surface area contributed by atoms with Crippen LogP contribution in [0.1, 0.15) is 13.8 Å². The summed E-state index contributed by atoms with van der Waals surface area (Å²) < 4.78 is 0. The van der Waals surface area contributed by atoms with Crippen molar-refractivity contribution in [1.29, 1.82) is 0 Å². The first-order valence-corrected chi connectivity index (χ1v) is 4.98. The second-order valence-electron chi connectivity index (χ2n) is 3.00. The van der Waals surface area contributed by atoms with Crippen LogP contribution in [0.4, 0.5) is 0 Å². The van der Waals surface area contributed by atoms with Gasteiger partial charge in [-0.1, -0.05) is 28.4 Å². The number of ketones is 1. The van der Waals surface area contributed by atoms with Gasteiger partial charge in [0.1, 0.15) is 5.78 Å². The Morgan fingerprint density at radius 1 is 1.64 bits per heavy atom. The minimum absolute atomic E-state index is 0.152. The monoisotopic (exact) mass is 173 g/mol. The SMILES string of the molecule is C=PCN(C)CC(=O)C(C)C. The number of carbonyl (C=O) groups is 1. The lowest BCUT2D eigenvalue weighted by Gasteiger charge is -2.13. The van der Waals surface area contributed by atoms with Gasteiger partial charge in [0.15, 0.2) is 0 Å². The molecule has 2 nitrogen and oxygen atoms in total. The second kappa shape index (κ2) is 5.45. The van der Waals surface area contributed by atoms with Crippen molar-refractivity contribution in [2.24, 2.45) is 5.92 Å². The molecular formula is C8H16NOP. The predicted molar refractivity (Wildman–Crippen MR) is 51.4 cm³/mol. The Labute approximate surface area is 70.4 Å². The molecule has 0 saturated carbocycles. The molecule has 0 atom stereocenters. The first-order valence-electron chi connectivity index (χ1n) is 3.71. The molecule has 0 aliphatic carbocycles. The molecule has 3 heteroatoms. The molecule has 0 radical (unpaired) electrons. The van der Waals surface area contributed by atoms with E-state index in [2.05, 4.69) is 6.30 Å². The number of hydrogen-bond acceptors (Lipinski definition) is 2. The maximum atomic E-state index is 11.2. The van der Waals surface area contributed by atoms with Gasteiger partial charge in [-0.25, -0.2) is 0 Å². The average Bonchev–Trinajstić information content (AvgIpc) is 1.87. The van der Waals surface area contributed by atoms with Crippen LogP contribution in [0.25, 0.3) is 0 Å². The van der Waals surface area contributed by atoms with Gasteiger partial charge in [-0.3, -0.25) is 9.69 Å². The van der Waals surface area contributed by atoms with Gasteiger partial charge >= 0.3 is 0 Å². The number of likely N-dealkylation sites (N-methyl/N-ethyl adjacent to an activating group) is 1. The maximum absolute atomic E-state index is 11.2. The van der Waals surface area contributed by atoms with Crippen molar-refractivity contribution in [3.8, 4) is 0 Å². The molecule has 0 aromatic rings. The van der Waals surface area contributed by atoms with Crippen molar-refractivity contribution in [3.05, 3.63) is 0 Å². The minimum atomic E-state index is 0.152. The molecule has 0 aliphatic rings.